The van der Waals surface area contributed by atoms with E-state index in [0.717, 1.165) is 23.3 Å². The van der Waals surface area contributed by atoms with Gasteiger partial charge >= 0.3 is 5.48 Å². The third-order valence-corrected chi connectivity index (χ3v) is 7.42. The van der Waals surface area contributed by atoms with Crippen LogP contribution in [0, 0.1) is 23.2 Å². The van der Waals surface area contributed by atoms with E-state index in [-0.39, 0.29) is 11.5 Å². The van der Waals surface area contributed by atoms with Crippen LogP contribution in [-0.4, -0.2) is 12.1 Å². The highest BCUT2D eigenvalue weighted by Crippen LogP contribution is 2.60. The van der Waals surface area contributed by atoms with Gasteiger partial charge in [0.2, 0.25) is 6.10 Å². The molecule has 1 heterocycles. The highest BCUT2D eigenvalue weighted by molar-refractivity contribution is 7.46. The zero-order chi connectivity index (χ0) is 16.1. The van der Waals surface area contributed by atoms with E-state index >= 15 is 0 Å². The number of benzene rings is 1. The minimum atomic E-state index is -1.95. The molecule has 2 atom stereocenters. The van der Waals surface area contributed by atoms with E-state index in [1.807, 2.05) is 30.3 Å². The van der Waals surface area contributed by atoms with E-state index in [1.165, 1.54) is 38.5 Å². The van der Waals surface area contributed by atoms with Crippen LogP contribution in [0.5, 0.6) is 0 Å². The minimum Gasteiger partial charge on any atom is -0.601 e. The van der Waals surface area contributed by atoms with Crippen molar-refractivity contribution in [3.63, 3.8) is 0 Å². The Kier molecular flexibility index (Phi) is 3.80. The molecular weight excluding hydrogens is 323 g/mol. The summed E-state index contributed by atoms with van der Waals surface area (Å²) in [6.45, 7) is 0.611. The van der Waals surface area contributed by atoms with Crippen molar-refractivity contribution in [1.82, 2.24) is 0 Å². The first-order chi connectivity index (χ1) is 11.7. The van der Waals surface area contributed by atoms with Crippen molar-refractivity contribution in [2.45, 2.75) is 44.6 Å². The molecule has 24 heavy (non-hydrogen) atoms. The number of hydrogen-bond acceptors (Lipinski definition) is 4. The Morgan fingerprint density at radius 1 is 1.04 bits per heavy atom. The van der Waals surface area contributed by atoms with Gasteiger partial charge in [-0.1, -0.05) is 30.3 Å². The summed E-state index contributed by atoms with van der Waals surface area (Å²) in [6.07, 6.45) is 7.66. The van der Waals surface area contributed by atoms with Crippen LogP contribution in [0.4, 0.5) is 0 Å². The van der Waals surface area contributed by atoms with Crippen molar-refractivity contribution < 1.29 is 19.2 Å². The van der Waals surface area contributed by atoms with Crippen LogP contribution < -0.4 is 4.89 Å². The molecule has 1 aromatic rings. The third-order valence-electron chi connectivity index (χ3n) is 6.39. The molecule has 1 saturated heterocycles. The van der Waals surface area contributed by atoms with Crippen LogP contribution >= 0.6 is 8.00 Å². The minimum absolute atomic E-state index is 0.271. The molecule has 5 aliphatic rings. The summed E-state index contributed by atoms with van der Waals surface area (Å²) in [5, 5.41) is 0. The molecule has 1 aliphatic heterocycles. The molecule has 0 N–H and O–H groups in total. The molecule has 128 valence electrons. The molecule has 5 fully saturated rings. The van der Waals surface area contributed by atoms with E-state index in [4.69, 9.17) is 14.3 Å². The van der Waals surface area contributed by atoms with Gasteiger partial charge in [-0.3, -0.25) is 0 Å². The van der Waals surface area contributed by atoms with Gasteiger partial charge < -0.3 is 4.89 Å². The van der Waals surface area contributed by atoms with E-state index in [2.05, 4.69) is 0 Å². The largest absolute Gasteiger partial charge is 0.601 e. The lowest BCUT2D eigenvalue weighted by Gasteiger charge is -2.56. The van der Waals surface area contributed by atoms with Crippen LogP contribution in [0.25, 0.3) is 0 Å². The van der Waals surface area contributed by atoms with Crippen LogP contribution in [0.2, 0.25) is 0 Å². The van der Waals surface area contributed by atoms with Crippen LogP contribution in [-0.2, 0) is 14.3 Å². The van der Waals surface area contributed by atoms with Gasteiger partial charge in [0, 0.05) is 0 Å². The van der Waals surface area contributed by atoms with Gasteiger partial charge in [-0.15, -0.1) is 4.89 Å². The Bertz CT molecular complexity index is 621. The zero-order valence-electron chi connectivity index (χ0n) is 13.7. The summed E-state index contributed by atoms with van der Waals surface area (Å²) in [5.41, 5.74) is 1.66. The Morgan fingerprint density at radius 2 is 1.67 bits per heavy atom. The average molecular weight is 346 g/mol. The fraction of sp³-hybridized carbons (Fsp3) is 0.632. The fourth-order valence-corrected chi connectivity index (χ4v) is 6.82. The maximum atomic E-state index is 12.6. The van der Waals surface area contributed by atoms with Gasteiger partial charge in [0.25, 0.3) is 8.00 Å². The Morgan fingerprint density at radius 3 is 2.21 bits per heavy atom. The van der Waals surface area contributed by atoms with E-state index in [0.29, 0.717) is 12.1 Å². The Labute approximate surface area is 143 Å². The number of rotatable bonds is 4. The first kappa shape index (κ1) is 15.5. The van der Waals surface area contributed by atoms with E-state index in [9.17, 15) is 4.89 Å². The van der Waals surface area contributed by atoms with Crippen molar-refractivity contribution in [2.75, 3.05) is 6.61 Å². The first-order valence-corrected chi connectivity index (χ1v) is 10.2. The Hall–Kier alpha value is -0.770. The SMILES string of the molecule is [O-][P+](OCC12CC3CC(CC(C3)C1)C2)=C1OOC1c1ccccc1. The summed E-state index contributed by atoms with van der Waals surface area (Å²) < 4.78 is 5.85. The molecule has 4 aliphatic carbocycles. The van der Waals surface area contributed by atoms with Gasteiger partial charge in [0.1, 0.15) is 6.61 Å². The monoisotopic (exact) mass is 346 g/mol. The molecule has 0 aromatic heterocycles. The molecule has 4 bridgehead atoms. The lowest BCUT2D eigenvalue weighted by Crippen LogP contribution is -2.48. The summed E-state index contributed by atoms with van der Waals surface area (Å²) in [5.74, 6) is 2.64. The molecule has 0 amide bonds. The lowest BCUT2D eigenvalue weighted by atomic mass is 9.50. The maximum absolute atomic E-state index is 12.6. The van der Waals surface area contributed by atoms with E-state index in [1.54, 1.807) is 0 Å². The zero-order valence-corrected chi connectivity index (χ0v) is 14.6. The smallest absolute Gasteiger partial charge is 0.321 e. The molecule has 6 rings (SSSR count). The number of hydrogen-bond donors (Lipinski definition) is 0. The van der Waals surface area contributed by atoms with Crippen molar-refractivity contribution >= 4 is 13.5 Å². The highest BCUT2D eigenvalue weighted by Gasteiger charge is 2.52. The average Bonchev–Trinajstić information content (AvgIpc) is 2.52. The van der Waals surface area contributed by atoms with E-state index < -0.39 is 8.00 Å². The van der Waals surface area contributed by atoms with Gasteiger partial charge in [0.05, 0.1) is 0 Å². The van der Waals surface area contributed by atoms with Crippen molar-refractivity contribution in [3.8, 4) is 0 Å². The Balaban J connectivity index is 1.28. The molecule has 4 nitrogen and oxygen atoms in total. The lowest BCUT2D eigenvalue weighted by molar-refractivity contribution is -0.312. The second-order valence-electron chi connectivity index (χ2n) is 8.26. The van der Waals surface area contributed by atoms with Crippen molar-refractivity contribution in [3.05, 3.63) is 35.9 Å². The predicted octanol–water partition coefficient (Wildman–Crippen LogP) is 3.72. The summed E-state index contributed by atoms with van der Waals surface area (Å²) in [7, 11) is -1.95. The van der Waals surface area contributed by atoms with Crippen LogP contribution in [0.15, 0.2) is 30.3 Å². The molecule has 4 saturated carbocycles. The van der Waals surface area contributed by atoms with Crippen molar-refractivity contribution in [2.24, 2.45) is 23.2 Å². The fourth-order valence-electron chi connectivity index (χ4n) is 5.82. The highest BCUT2D eigenvalue weighted by atomic mass is 31.1. The standard InChI is InChI=1S/C19H23O4P/c20-24(18-17(22-23-18)16-4-2-1-3-5-16)21-12-19-9-13-6-14(10-19)8-15(7-13)11-19/h1-5,13-15,17H,6-12H2. The molecule has 5 heteroatoms. The molecule has 0 radical (unpaired) electrons. The molecule has 1 aromatic carbocycles. The summed E-state index contributed by atoms with van der Waals surface area (Å²) in [4.78, 5) is 22.8. The first-order valence-electron chi connectivity index (χ1n) is 9.06. The van der Waals surface area contributed by atoms with Gasteiger partial charge in [-0.25, -0.2) is 4.89 Å². The summed E-state index contributed by atoms with van der Waals surface area (Å²) in [6, 6.07) is 9.74. The van der Waals surface area contributed by atoms with Gasteiger partial charge in [-0.2, -0.15) is 4.52 Å². The second kappa shape index (κ2) is 5.89. The van der Waals surface area contributed by atoms with Crippen LogP contribution in [0.1, 0.15) is 50.2 Å². The molecule has 0 spiro atoms. The normalized spacial score (nSPS) is 42.0. The van der Waals surface area contributed by atoms with Crippen LogP contribution in [0.3, 0.4) is 0 Å². The molecule has 2 unspecified atom stereocenters. The quantitative estimate of drug-likeness (QED) is 0.616. The van der Waals surface area contributed by atoms with Gasteiger partial charge in [0.15, 0.2) is 0 Å². The predicted molar refractivity (Wildman–Crippen MR) is 89.8 cm³/mol. The topological polar surface area (TPSA) is 50.8 Å². The maximum Gasteiger partial charge on any atom is 0.321 e. The van der Waals surface area contributed by atoms with Crippen molar-refractivity contribution in [1.29, 1.82) is 0 Å². The second-order valence-corrected chi connectivity index (χ2v) is 9.47. The van der Waals surface area contributed by atoms with Gasteiger partial charge in [-0.05, 0) is 67.3 Å². The molecular formula is C19H23O4P. The summed E-state index contributed by atoms with van der Waals surface area (Å²) >= 11 is 0. The third kappa shape index (κ3) is 2.65.